The van der Waals surface area contributed by atoms with Gasteiger partial charge in [0.2, 0.25) is 0 Å². The number of amides is 1. The van der Waals surface area contributed by atoms with Gasteiger partial charge in [-0.05, 0) is 33.6 Å². The topological polar surface area (TPSA) is 78.4 Å². The number of halogens is 1. The molecule has 28 heavy (non-hydrogen) atoms. The van der Waals surface area contributed by atoms with Crippen molar-refractivity contribution in [2.24, 2.45) is 10.9 Å². The number of guanidine groups is 1. The summed E-state index contributed by atoms with van der Waals surface area (Å²) in [5, 5.41) is 6.65. The predicted molar refractivity (Wildman–Crippen MR) is 125 cm³/mol. The summed E-state index contributed by atoms with van der Waals surface area (Å²) in [7, 11) is 1.76. The predicted octanol–water partition coefficient (Wildman–Crippen LogP) is 1.99. The SMILES string of the molecule is CCNC(=NCC(C)CN(C)C(=O)OC(C)(C)C)NCCN1CCOCC1.I. The monoisotopic (exact) mass is 513 g/mol. The smallest absolute Gasteiger partial charge is 0.410 e. The van der Waals surface area contributed by atoms with E-state index in [0.29, 0.717) is 13.1 Å². The zero-order chi connectivity index (χ0) is 20.3. The van der Waals surface area contributed by atoms with Crippen molar-refractivity contribution in [3.63, 3.8) is 0 Å². The number of rotatable bonds is 8. The van der Waals surface area contributed by atoms with Crippen molar-refractivity contribution in [2.45, 2.75) is 40.2 Å². The molecule has 1 aliphatic rings. The van der Waals surface area contributed by atoms with Gasteiger partial charge in [-0.2, -0.15) is 0 Å². The first-order chi connectivity index (χ1) is 12.7. The fraction of sp³-hybridized carbons (Fsp3) is 0.895. The standard InChI is InChI=1S/C19H39N5O3.HI/c1-7-20-17(21-8-9-24-10-12-26-13-11-24)22-14-16(2)15-23(6)18(25)27-19(3,4)5;/h16H,7-15H2,1-6H3,(H2,20,21,22);1H. The van der Waals surface area contributed by atoms with Crippen molar-refractivity contribution in [1.82, 2.24) is 20.4 Å². The lowest BCUT2D eigenvalue weighted by molar-refractivity contribution is 0.0279. The normalized spacial score (nSPS) is 16.7. The van der Waals surface area contributed by atoms with Gasteiger partial charge in [-0.25, -0.2) is 4.79 Å². The first-order valence-corrected chi connectivity index (χ1v) is 9.97. The highest BCUT2D eigenvalue weighted by atomic mass is 127. The van der Waals surface area contributed by atoms with Gasteiger partial charge in [0.25, 0.3) is 0 Å². The van der Waals surface area contributed by atoms with Crippen LogP contribution in [0.3, 0.4) is 0 Å². The van der Waals surface area contributed by atoms with Gasteiger partial charge < -0.3 is 25.0 Å². The van der Waals surface area contributed by atoms with Crippen molar-refractivity contribution >= 4 is 36.0 Å². The molecule has 1 unspecified atom stereocenters. The molecule has 8 nitrogen and oxygen atoms in total. The van der Waals surface area contributed by atoms with E-state index in [1.807, 2.05) is 20.8 Å². The first kappa shape index (κ1) is 27.2. The minimum absolute atomic E-state index is 0. The highest BCUT2D eigenvalue weighted by Gasteiger charge is 2.20. The van der Waals surface area contributed by atoms with Crippen LogP contribution in [0.1, 0.15) is 34.6 Å². The van der Waals surface area contributed by atoms with Gasteiger partial charge in [0.1, 0.15) is 5.60 Å². The second-order valence-corrected chi connectivity index (χ2v) is 8.07. The van der Waals surface area contributed by atoms with Crippen LogP contribution in [0.25, 0.3) is 0 Å². The Labute approximate surface area is 187 Å². The molecule has 0 aromatic heterocycles. The maximum Gasteiger partial charge on any atom is 0.410 e. The highest BCUT2D eigenvalue weighted by molar-refractivity contribution is 14.0. The van der Waals surface area contributed by atoms with E-state index in [0.717, 1.165) is 51.9 Å². The summed E-state index contributed by atoms with van der Waals surface area (Å²) >= 11 is 0. The van der Waals surface area contributed by atoms with Crippen molar-refractivity contribution < 1.29 is 14.3 Å². The third kappa shape index (κ3) is 12.6. The van der Waals surface area contributed by atoms with E-state index in [2.05, 4.69) is 34.4 Å². The molecule has 0 spiro atoms. The van der Waals surface area contributed by atoms with Gasteiger partial charge in [-0.3, -0.25) is 9.89 Å². The average Bonchev–Trinajstić information content (AvgIpc) is 2.59. The summed E-state index contributed by atoms with van der Waals surface area (Å²) in [4.78, 5) is 20.7. The van der Waals surface area contributed by atoms with Crippen LogP contribution in [-0.2, 0) is 9.47 Å². The van der Waals surface area contributed by atoms with E-state index in [4.69, 9.17) is 9.47 Å². The number of nitrogens with one attached hydrogen (secondary N) is 2. The number of hydrogen-bond donors (Lipinski definition) is 2. The Kier molecular flexibility index (Phi) is 13.8. The summed E-state index contributed by atoms with van der Waals surface area (Å²) < 4.78 is 10.8. The van der Waals surface area contributed by atoms with E-state index in [1.165, 1.54) is 0 Å². The van der Waals surface area contributed by atoms with Crippen LogP contribution < -0.4 is 10.6 Å². The summed E-state index contributed by atoms with van der Waals surface area (Å²) in [6.07, 6.45) is -0.297. The van der Waals surface area contributed by atoms with Crippen molar-refractivity contribution in [3.8, 4) is 0 Å². The van der Waals surface area contributed by atoms with Crippen LogP contribution in [0, 0.1) is 5.92 Å². The molecular weight excluding hydrogens is 473 g/mol. The van der Waals surface area contributed by atoms with Crippen molar-refractivity contribution in [2.75, 3.05) is 66.1 Å². The summed E-state index contributed by atoms with van der Waals surface area (Å²) in [6.45, 7) is 17.2. The molecule has 0 saturated carbocycles. The van der Waals surface area contributed by atoms with Crippen molar-refractivity contribution in [3.05, 3.63) is 0 Å². The molecular formula is C19H40IN5O3. The van der Waals surface area contributed by atoms with Crippen LogP contribution in [0.4, 0.5) is 4.79 Å². The van der Waals surface area contributed by atoms with Crippen LogP contribution >= 0.6 is 24.0 Å². The van der Waals surface area contributed by atoms with E-state index in [-0.39, 0.29) is 36.0 Å². The molecule has 0 radical (unpaired) electrons. The van der Waals surface area contributed by atoms with Gasteiger partial charge >= 0.3 is 6.09 Å². The Morgan fingerprint density at radius 3 is 2.50 bits per heavy atom. The van der Waals surface area contributed by atoms with Gasteiger partial charge in [0.05, 0.1) is 13.2 Å². The van der Waals surface area contributed by atoms with Gasteiger partial charge in [0, 0.05) is 52.9 Å². The molecule has 1 atom stereocenters. The summed E-state index contributed by atoms with van der Waals surface area (Å²) in [6, 6.07) is 0. The molecule has 1 fully saturated rings. The number of morpholine rings is 1. The van der Waals surface area contributed by atoms with E-state index < -0.39 is 5.60 Å². The zero-order valence-electron chi connectivity index (χ0n) is 18.4. The molecule has 166 valence electrons. The molecule has 1 rings (SSSR count). The fourth-order valence-corrected chi connectivity index (χ4v) is 2.69. The lowest BCUT2D eigenvalue weighted by atomic mass is 10.2. The van der Waals surface area contributed by atoms with Crippen LogP contribution in [0.15, 0.2) is 4.99 Å². The molecule has 0 aliphatic carbocycles. The molecule has 1 amide bonds. The maximum atomic E-state index is 12.1. The minimum atomic E-state index is -0.477. The summed E-state index contributed by atoms with van der Waals surface area (Å²) in [5.41, 5.74) is -0.477. The minimum Gasteiger partial charge on any atom is -0.444 e. The lowest BCUT2D eigenvalue weighted by Gasteiger charge is -2.27. The van der Waals surface area contributed by atoms with Gasteiger partial charge in [-0.1, -0.05) is 6.92 Å². The maximum absolute atomic E-state index is 12.1. The third-order valence-corrected chi connectivity index (χ3v) is 4.02. The molecule has 1 saturated heterocycles. The number of carbonyl (C=O) groups excluding carboxylic acids is 1. The Balaban J connectivity index is 0.00000729. The number of hydrogen-bond acceptors (Lipinski definition) is 5. The molecule has 2 N–H and O–H groups in total. The average molecular weight is 513 g/mol. The Morgan fingerprint density at radius 1 is 1.29 bits per heavy atom. The fourth-order valence-electron chi connectivity index (χ4n) is 2.69. The summed E-state index contributed by atoms with van der Waals surface area (Å²) in [5.74, 6) is 1.05. The number of ether oxygens (including phenoxy) is 2. The lowest BCUT2D eigenvalue weighted by Crippen LogP contribution is -2.44. The van der Waals surface area contributed by atoms with Crippen LogP contribution in [-0.4, -0.2) is 93.5 Å². The van der Waals surface area contributed by atoms with Crippen LogP contribution in [0.5, 0.6) is 0 Å². The molecule has 0 aromatic rings. The van der Waals surface area contributed by atoms with Crippen LogP contribution in [0.2, 0.25) is 0 Å². The highest BCUT2D eigenvalue weighted by Crippen LogP contribution is 2.10. The van der Waals surface area contributed by atoms with E-state index in [9.17, 15) is 4.79 Å². The number of nitrogens with zero attached hydrogens (tertiary/aromatic N) is 3. The number of aliphatic imine (C=N–C) groups is 1. The third-order valence-electron chi connectivity index (χ3n) is 4.02. The van der Waals surface area contributed by atoms with Gasteiger partial charge in [-0.15, -0.1) is 24.0 Å². The molecule has 0 aromatic carbocycles. The first-order valence-electron chi connectivity index (χ1n) is 9.97. The quantitative estimate of drug-likeness (QED) is 0.294. The van der Waals surface area contributed by atoms with E-state index in [1.54, 1.807) is 11.9 Å². The molecule has 0 bridgehead atoms. The Morgan fingerprint density at radius 2 is 1.93 bits per heavy atom. The Hall–Kier alpha value is -0.810. The largest absolute Gasteiger partial charge is 0.444 e. The van der Waals surface area contributed by atoms with Crippen molar-refractivity contribution in [1.29, 1.82) is 0 Å². The van der Waals surface area contributed by atoms with E-state index >= 15 is 0 Å². The Bertz CT molecular complexity index is 465. The number of carbonyl (C=O) groups is 1. The zero-order valence-corrected chi connectivity index (χ0v) is 20.7. The molecule has 1 aliphatic heterocycles. The second-order valence-electron chi connectivity index (χ2n) is 8.07. The van der Waals surface area contributed by atoms with Gasteiger partial charge in [0.15, 0.2) is 5.96 Å². The second kappa shape index (κ2) is 14.2. The molecule has 9 heteroatoms. The molecule has 1 heterocycles.